The van der Waals surface area contributed by atoms with Crippen LogP contribution in [0.25, 0.3) is 17.1 Å². The van der Waals surface area contributed by atoms with E-state index in [0.29, 0.717) is 22.5 Å². The number of furan rings is 1. The number of ether oxygens (including phenoxy) is 1. The number of thioether (sulfide) groups is 1. The lowest BCUT2D eigenvalue weighted by Crippen LogP contribution is -2.15. The molecule has 4 rings (SSSR count). The van der Waals surface area contributed by atoms with E-state index in [1.165, 1.54) is 23.9 Å². The van der Waals surface area contributed by atoms with Gasteiger partial charge in [-0.2, -0.15) is 0 Å². The van der Waals surface area contributed by atoms with Gasteiger partial charge in [0.25, 0.3) is 0 Å². The minimum atomic E-state index is -0.488. The van der Waals surface area contributed by atoms with Crippen LogP contribution in [0.15, 0.2) is 70.4 Å². The number of hydrogen-bond donors (Lipinski definition) is 1. The summed E-state index contributed by atoms with van der Waals surface area (Å²) in [5, 5.41) is 11.7. The SMILES string of the molecule is COc1cccc(-n2c(SCC(=O)Nc3ccccc3F)nnc2-c2ccoc2C)c1. The highest BCUT2D eigenvalue weighted by Gasteiger charge is 2.20. The van der Waals surface area contributed by atoms with E-state index in [4.69, 9.17) is 9.15 Å². The van der Waals surface area contributed by atoms with E-state index in [1.807, 2.05) is 41.8 Å². The fraction of sp³-hybridized carbons (Fsp3) is 0.136. The van der Waals surface area contributed by atoms with Gasteiger partial charge in [0.1, 0.15) is 17.3 Å². The van der Waals surface area contributed by atoms with Gasteiger partial charge in [0, 0.05) is 6.07 Å². The Bertz CT molecular complexity index is 1220. The third-order valence-electron chi connectivity index (χ3n) is 4.52. The number of methoxy groups -OCH3 is 1. The highest BCUT2D eigenvalue weighted by Crippen LogP contribution is 2.31. The Labute approximate surface area is 182 Å². The molecule has 0 unspecified atom stereocenters. The second-order valence-electron chi connectivity index (χ2n) is 6.55. The lowest BCUT2D eigenvalue weighted by Gasteiger charge is -2.11. The van der Waals surface area contributed by atoms with Crippen molar-refractivity contribution in [2.45, 2.75) is 12.1 Å². The first-order chi connectivity index (χ1) is 15.1. The van der Waals surface area contributed by atoms with Crippen molar-refractivity contribution in [3.63, 3.8) is 0 Å². The van der Waals surface area contributed by atoms with Gasteiger partial charge in [0.2, 0.25) is 5.91 Å². The second kappa shape index (κ2) is 9.05. The summed E-state index contributed by atoms with van der Waals surface area (Å²) in [6.07, 6.45) is 1.59. The van der Waals surface area contributed by atoms with Crippen molar-refractivity contribution in [1.82, 2.24) is 14.8 Å². The minimum absolute atomic E-state index is 0.0286. The van der Waals surface area contributed by atoms with Crippen molar-refractivity contribution in [2.75, 3.05) is 18.2 Å². The smallest absolute Gasteiger partial charge is 0.234 e. The molecule has 158 valence electrons. The Morgan fingerprint density at radius 2 is 2.03 bits per heavy atom. The predicted molar refractivity (Wildman–Crippen MR) is 116 cm³/mol. The minimum Gasteiger partial charge on any atom is -0.497 e. The van der Waals surface area contributed by atoms with Crippen molar-refractivity contribution in [3.05, 3.63) is 72.4 Å². The fourth-order valence-electron chi connectivity index (χ4n) is 3.02. The molecule has 9 heteroatoms. The molecule has 1 amide bonds. The first kappa shape index (κ1) is 20.7. The normalized spacial score (nSPS) is 10.8. The number of amides is 1. The van der Waals surface area contributed by atoms with Gasteiger partial charge < -0.3 is 14.5 Å². The highest BCUT2D eigenvalue weighted by molar-refractivity contribution is 7.99. The Balaban J connectivity index is 1.63. The Kier molecular flexibility index (Phi) is 6.03. The van der Waals surface area contributed by atoms with Crippen molar-refractivity contribution in [1.29, 1.82) is 0 Å². The maximum Gasteiger partial charge on any atom is 0.234 e. The van der Waals surface area contributed by atoms with Gasteiger partial charge in [-0.05, 0) is 37.3 Å². The molecule has 0 radical (unpaired) electrons. The van der Waals surface area contributed by atoms with Crippen LogP contribution in [0.3, 0.4) is 0 Å². The molecule has 0 aliphatic heterocycles. The number of carbonyl (C=O) groups excluding carboxylic acids is 1. The van der Waals surface area contributed by atoms with E-state index in [0.717, 1.165) is 11.3 Å². The van der Waals surface area contributed by atoms with E-state index in [9.17, 15) is 9.18 Å². The molecule has 0 atom stereocenters. The summed E-state index contributed by atoms with van der Waals surface area (Å²) in [7, 11) is 1.59. The molecule has 0 saturated carbocycles. The second-order valence-corrected chi connectivity index (χ2v) is 7.49. The quantitative estimate of drug-likeness (QED) is 0.421. The van der Waals surface area contributed by atoms with E-state index >= 15 is 0 Å². The standard InChI is InChI=1S/C22H19FN4O3S/c1-14-17(10-11-30-14)21-25-26-22(27(21)15-6-5-7-16(12-15)29-2)31-13-20(28)24-19-9-4-3-8-18(19)23/h3-12H,13H2,1-2H3,(H,24,28). The zero-order chi connectivity index (χ0) is 21.8. The summed E-state index contributed by atoms with van der Waals surface area (Å²) in [4.78, 5) is 12.4. The summed E-state index contributed by atoms with van der Waals surface area (Å²) in [6.45, 7) is 1.84. The fourth-order valence-corrected chi connectivity index (χ4v) is 3.77. The molecule has 0 aliphatic rings. The molecule has 0 saturated heterocycles. The van der Waals surface area contributed by atoms with Crippen LogP contribution in [0.1, 0.15) is 5.76 Å². The van der Waals surface area contributed by atoms with E-state index in [1.54, 1.807) is 25.5 Å². The summed E-state index contributed by atoms with van der Waals surface area (Å²) >= 11 is 1.20. The molecule has 0 bridgehead atoms. The van der Waals surface area contributed by atoms with Gasteiger partial charge >= 0.3 is 0 Å². The molecule has 0 fully saturated rings. The van der Waals surface area contributed by atoms with Crippen LogP contribution in [0.2, 0.25) is 0 Å². The molecular formula is C22H19FN4O3S. The molecular weight excluding hydrogens is 419 g/mol. The molecule has 1 N–H and O–H groups in total. The molecule has 2 aromatic heterocycles. The molecule has 7 nitrogen and oxygen atoms in total. The number of para-hydroxylation sites is 1. The Morgan fingerprint density at radius 1 is 1.19 bits per heavy atom. The number of halogens is 1. The van der Waals surface area contributed by atoms with Gasteiger partial charge in [-0.25, -0.2) is 4.39 Å². The average Bonchev–Trinajstić information content (AvgIpc) is 3.39. The third kappa shape index (κ3) is 4.46. The largest absolute Gasteiger partial charge is 0.497 e. The zero-order valence-corrected chi connectivity index (χ0v) is 17.6. The molecule has 0 aliphatic carbocycles. The number of aromatic nitrogens is 3. The number of nitrogens with one attached hydrogen (secondary N) is 1. The number of anilines is 1. The van der Waals surface area contributed by atoms with E-state index in [-0.39, 0.29) is 17.3 Å². The van der Waals surface area contributed by atoms with Crippen molar-refractivity contribution in [3.8, 4) is 22.8 Å². The Hall–Kier alpha value is -3.59. The van der Waals surface area contributed by atoms with Crippen LogP contribution in [-0.4, -0.2) is 33.5 Å². The number of hydrogen-bond acceptors (Lipinski definition) is 6. The number of rotatable bonds is 7. The summed E-state index contributed by atoms with van der Waals surface area (Å²) in [5.41, 5.74) is 1.70. The van der Waals surface area contributed by atoms with Crippen LogP contribution < -0.4 is 10.1 Å². The van der Waals surface area contributed by atoms with E-state index in [2.05, 4.69) is 15.5 Å². The molecule has 0 spiro atoms. The summed E-state index contributed by atoms with van der Waals surface area (Å²) in [5.74, 6) is 1.14. The molecule has 2 heterocycles. The molecule has 2 aromatic carbocycles. The zero-order valence-electron chi connectivity index (χ0n) is 16.8. The van der Waals surface area contributed by atoms with Gasteiger partial charge in [0.05, 0.1) is 36.1 Å². The molecule has 4 aromatic rings. The van der Waals surface area contributed by atoms with Crippen LogP contribution >= 0.6 is 11.8 Å². The lowest BCUT2D eigenvalue weighted by atomic mass is 10.2. The van der Waals surface area contributed by atoms with Crippen molar-refractivity contribution >= 4 is 23.4 Å². The molecule has 31 heavy (non-hydrogen) atoms. The van der Waals surface area contributed by atoms with Gasteiger partial charge in [0.15, 0.2) is 11.0 Å². The first-order valence-corrected chi connectivity index (χ1v) is 10.4. The van der Waals surface area contributed by atoms with Crippen molar-refractivity contribution in [2.24, 2.45) is 0 Å². The monoisotopic (exact) mass is 438 g/mol. The summed E-state index contributed by atoms with van der Waals surface area (Å²) < 4.78 is 26.4. The van der Waals surface area contributed by atoms with Crippen LogP contribution in [0, 0.1) is 12.7 Å². The van der Waals surface area contributed by atoms with Crippen LogP contribution in [-0.2, 0) is 4.79 Å². The number of aryl methyl sites for hydroxylation is 1. The van der Waals surface area contributed by atoms with Crippen molar-refractivity contribution < 1.29 is 18.3 Å². The van der Waals surface area contributed by atoms with E-state index < -0.39 is 5.82 Å². The maximum absolute atomic E-state index is 13.8. The Morgan fingerprint density at radius 3 is 2.77 bits per heavy atom. The van der Waals surface area contributed by atoms with Gasteiger partial charge in [-0.15, -0.1) is 10.2 Å². The topological polar surface area (TPSA) is 82.2 Å². The van der Waals surface area contributed by atoms with Crippen LogP contribution in [0.5, 0.6) is 5.75 Å². The average molecular weight is 438 g/mol. The van der Waals surface area contributed by atoms with Gasteiger partial charge in [-0.1, -0.05) is 30.0 Å². The lowest BCUT2D eigenvalue weighted by molar-refractivity contribution is -0.113. The highest BCUT2D eigenvalue weighted by atomic mass is 32.2. The number of nitrogens with zero attached hydrogens (tertiary/aromatic N) is 3. The van der Waals surface area contributed by atoms with Crippen LogP contribution in [0.4, 0.5) is 10.1 Å². The predicted octanol–water partition coefficient (Wildman–Crippen LogP) is 4.71. The van der Waals surface area contributed by atoms with Gasteiger partial charge in [-0.3, -0.25) is 9.36 Å². The first-order valence-electron chi connectivity index (χ1n) is 9.38. The number of benzene rings is 2. The number of carbonyl (C=O) groups is 1. The third-order valence-corrected chi connectivity index (χ3v) is 5.45. The maximum atomic E-state index is 13.8. The summed E-state index contributed by atoms with van der Waals surface area (Å²) in [6, 6.07) is 15.3.